The smallest absolute Gasteiger partial charge is 0.417 e. The molecular weight excluding hydrogens is 344 g/mol. The van der Waals surface area contributed by atoms with Crippen molar-refractivity contribution in [1.29, 1.82) is 0 Å². The second kappa shape index (κ2) is 7.21. The molecule has 134 valence electrons. The molecule has 6 heteroatoms. The third kappa shape index (κ3) is 3.90. The molecule has 0 radical (unpaired) electrons. The van der Waals surface area contributed by atoms with E-state index in [1.54, 1.807) is 30.3 Å². The molecule has 2 N–H and O–H groups in total. The lowest BCUT2D eigenvalue weighted by Gasteiger charge is -2.08. The van der Waals surface area contributed by atoms with Crippen molar-refractivity contribution in [3.05, 3.63) is 94.5 Å². The van der Waals surface area contributed by atoms with E-state index in [4.69, 9.17) is 9.15 Å². The number of anilines is 1. The second-order valence-corrected chi connectivity index (χ2v) is 5.98. The summed E-state index contributed by atoms with van der Waals surface area (Å²) in [6.07, 6.45) is 0. The summed E-state index contributed by atoms with van der Waals surface area (Å²) in [5.41, 5.74) is 3.04. The second-order valence-electron chi connectivity index (χ2n) is 5.98. The molecule has 3 aromatic carbocycles. The summed E-state index contributed by atoms with van der Waals surface area (Å²) in [5, 5.41) is 2.80. The van der Waals surface area contributed by atoms with Gasteiger partial charge in [0.2, 0.25) is 0 Å². The van der Waals surface area contributed by atoms with Gasteiger partial charge in [0.05, 0.1) is 5.52 Å². The summed E-state index contributed by atoms with van der Waals surface area (Å²) < 4.78 is 10.6. The SMILES string of the molecule is O=C(Nc1ccc2oc(=O)[nH]c2c1)c1ccc(COc2ccccc2)cc1. The summed E-state index contributed by atoms with van der Waals surface area (Å²) in [4.78, 5) is 26.2. The first-order valence-electron chi connectivity index (χ1n) is 8.38. The number of para-hydroxylation sites is 1. The van der Waals surface area contributed by atoms with Crippen LogP contribution in [-0.4, -0.2) is 10.9 Å². The van der Waals surface area contributed by atoms with Crippen molar-refractivity contribution in [2.24, 2.45) is 0 Å². The van der Waals surface area contributed by atoms with Crippen LogP contribution < -0.4 is 15.8 Å². The van der Waals surface area contributed by atoms with Gasteiger partial charge in [0, 0.05) is 11.3 Å². The number of amides is 1. The van der Waals surface area contributed by atoms with Crippen LogP contribution in [0.3, 0.4) is 0 Å². The first kappa shape index (κ1) is 16.7. The number of benzene rings is 3. The first-order chi connectivity index (χ1) is 13.2. The highest BCUT2D eigenvalue weighted by atomic mass is 16.5. The van der Waals surface area contributed by atoms with E-state index >= 15 is 0 Å². The molecule has 4 rings (SSSR count). The van der Waals surface area contributed by atoms with Gasteiger partial charge in [-0.1, -0.05) is 30.3 Å². The lowest BCUT2D eigenvalue weighted by molar-refractivity contribution is 0.102. The van der Waals surface area contributed by atoms with Gasteiger partial charge >= 0.3 is 5.76 Å². The van der Waals surface area contributed by atoms with E-state index in [9.17, 15) is 9.59 Å². The van der Waals surface area contributed by atoms with Crippen LogP contribution >= 0.6 is 0 Å². The normalized spacial score (nSPS) is 10.7. The Morgan fingerprint density at radius 1 is 1.00 bits per heavy atom. The minimum atomic E-state index is -0.526. The number of hydrogen-bond donors (Lipinski definition) is 2. The Hall–Kier alpha value is -3.80. The van der Waals surface area contributed by atoms with E-state index in [2.05, 4.69) is 10.3 Å². The van der Waals surface area contributed by atoms with Gasteiger partial charge in [0.15, 0.2) is 5.58 Å². The molecule has 0 aliphatic rings. The zero-order valence-corrected chi connectivity index (χ0v) is 14.3. The lowest BCUT2D eigenvalue weighted by atomic mass is 10.1. The standard InChI is InChI=1S/C21H16N2O4/c24-20(22-16-10-11-19-18(12-16)23-21(25)27-19)15-8-6-14(7-9-15)13-26-17-4-2-1-3-5-17/h1-12H,13H2,(H,22,24)(H,23,25). The van der Waals surface area contributed by atoms with Crippen LogP contribution in [0.1, 0.15) is 15.9 Å². The first-order valence-corrected chi connectivity index (χ1v) is 8.38. The van der Waals surface area contributed by atoms with Gasteiger partial charge in [0.1, 0.15) is 12.4 Å². The lowest BCUT2D eigenvalue weighted by Crippen LogP contribution is -2.11. The number of aromatic amines is 1. The van der Waals surface area contributed by atoms with Crippen LogP contribution in [0.25, 0.3) is 11.1 Å². The average molecular weight is 360 g/mol. The molecular formula is C21H16N2O4. The number of fused-ring (bicyclic) bond motifs is 1. The Morgan fingerprint density at radius 2 is 1.78 bits per heavy atom. The molecule has 6 nitrogen and oxygen atoms in total. The van der Waals surface area contributed by atoms with Gasteiger partial charge in [-0.15, -0.1) is 0 Å². The molecule has 0 unspecified atom stereocenters. The van der Waals surface area contributed by atoms with Gasteiger partial charge in [-0.3, -0.25) is 9.78 Å². The van der Waals surface area contributed by atoms with Crippen molar-refractivity contribution in [2.45, 2.75) is 6.61 Å². The molecule has 0 bridgehead atoms. The monoisotopic (exact) mass is 360 g/mol. The number of nitrogens with one attached hydrogen (secondary N) is 2. The fourth-order valence-electron chi connectivity index (χ4n) is 2.67. The predicted octanol–water partition coefficient (Wildman–Crippen LogP) is 3.95. The minimum absolute atomic E-state index is 0.240. The molecule has 0 aliphatic heterocycles. The van der Waals surface area contributed by atoms with Crippen molar-refractivity contribution < 1.29 is 13.9 Å². The van der Waals surface area contributed by atoms with Crippen LogP contribution in [0, 0.1) is 0 Å². The van der Waals surface area contributed by atoms with Crippen LogP contribution in [0.4, 0.5) is 5.69 Å². The van der Waals surface area contributed by atoms with Gasteiger partial charge in [-0.25, -0.2) is 4.79 Å². The highest BCUT2D eigenvalue weighted by molar-refractivity contribution is 6.04. The maximum atomic E-state index is 12.4. The number of carbonyl (C=O) groups is 1. The largest absolute Gasteiger partial charge is 0.489 e. The number of ether oxygens (including phenoxy) is 1. The molecule has 1 heterocycles. The Morgan fingerprint density at radius 3 is 2.56 bits per heavy atom. The molecule has 0 aliphatic carbocycles. The highest BCUT2D eigenvalue weighted by Crippen LogP contribution is 2.17. The molecule has 0 fully saturated rings. The topological polar surface area (TPSA) is 84.3 Å². The fourth-order valence-corrected chi connectivity index (χ4v) is 2.67. The Bertz CT molecular complexity index is 1130. The number of carbonyl (C=O) groups excluding carboxylic acids is 1. The van der Waals surface area contributed by atoms with E-state index < -0.39 is 5.76 Å². The molecule has 4 aromatic rings. The predicted molar refractivity (Wildman–Crippen MR) is 102 cm³/mol. The van der Waals surface area contributed by atoms with E-state index in [1.807, 2.05) is 42.5 Å². The molecule has 1 aromatic heterocycles. The van der Waals surface area contributed by atoms with E-state index in [0.29, 0.717) is 29.0 Å². The maximum Gasteiger partial charge on any atom is 0.417 e. The fraction of sp³-hybridized carbons (Fsp3) is 0.0476. The van der Waals surface area contributed by atoms with Crippen molar-refractivity contribution in [3.8, 4) is 5.75 Å². The zero-order valence-electron chi connectivity index (χ0n) is 14.3. The van der Waals surface area contributed by atoms with Gasteiger partial charge in [-0.2, -0.15) is 0 Å². The van der Waals surface area contributed by atoms with Crippen LogP contribution in [-0.2, 0) is 6.61 Å². The van der Waals surface area contributed by atoms with Crippen molar-refractivity contribution in [3.63, 3.8) is 0 Å². The van der Waals surface area contributed by atoms with Gasteiger partial charge in [0.25, 0.3) is 5.91 Å². The molecule has 0 atom stereocenters. The van der Waals surface area contributed by atoms with Crippen LogP contribution in [0.5, 0.6) is 5.75 Å². The Kier molecular flexibility index (Phi) is 4.45. The zero-order chi connectivity index (χ0) is 18.6. The van der Waals surface area contributed by atoms with E-state index in [0.717, 1.165) is 11.3 Å². The number of aromatic nitrogens is 1. The average Bonchev–Trinajstić information content (AvgIpc) is 3.07. The molecule has 27 heavy (non-hydrogen) atoms. The third-order valence-corrected chi connectivity index (χ3v) is 4.04. The summed E-state index contributed by atoms with van der Waals surface area (Å²) in [7, 11) is 0. The molecule has 0 spiro atoms. The molecule has 0 saturated heterocycles. The number of H-pyrrole nitrogens is 1. The highest BCUT2D eigenvalue weighted by Gasteiger charge is 2.08. The van der Waals surface area contributed by atoms with Crippen molar-refractivity contribution in [2.75, 3.05) is 5.32 Å². The Balaban J connectivity index is 1.41. The summed E-state index contributed by atoms with van der Waals surface area (Å²) in [6, 6.07) is 21.7. The summed E-state index contributed by atoms with van der Waals surface area (Å²) in [6.45, 7) is 0.427. The number of rotatable bonds is 5. The van der Waals surface area contributed by atoms with Gasteiger partial charge < -0.3 is 14.5 Å². The van der Waals surface area contributed by atoms with Crippen LogP contribution in [0.2, 0.25) is 0 Å². The quantitative estimate of drug-likeness (QED) is 0.564. The van der Waals surface area contributed by atoms with Crippen LogP contribution in [0.15, 0.2) is 82.0 Å². The van der Waals surface area contributed by atoms with Crippen molar-refractivity contribution >= 4 is 22.7 Å². The molecule has 0 saturated carbocycles. The minimum Gasteiger partial charge on any atom is -0.489 e. The third-order valence-electron chi connectivity index (χ3n) is 4.04. The number of oxazole rings is 1. The van der Waals surface area contributed by atoms with E-state index in [-0.39, 0.29) is 5.91 Å². The summed E-state index contributed by atoms with van der Waals surface area (Å²) >= 11 is 0. The summed E-state index contributed by atoms with van der Waals surface area (Å²) in [5.74, 6) is 0.0320. The van der Waals surface area contributed by atoms with E-state index in [1.165, 1.54) is 0 Å². The maximum absolute atomic E-state index is 12.4. The van der Waals surface area contributed by atoms with Crippen molar-refractivity contribution in [1.82, 2.24) is 4.98 Å². The Labute approximate surface area is 154 Å². The number of hydrogen-bond acceptors (Lipinski definition) is 4. The van der Waals surface area contributed by atoms with Gasteiger partial charge in [-0.05, 0) is 48.0 Å². The molecule has 1 amide bonds.